The molecule has 0 spiro atoms. The standard InChI is InChI=1S/C3H4Cl2O3S/c4-3(5)1-2-9(6,7)8/h1-3H,(H,6,7,8)/b2-1+. The summed E-state index contributed by atoms with van der Waals surface area (Å²) in [5.41, 5.74) is 0. The van der Waals surface area contributed by atoms with E-state index in [1.165, 1.54) is 0 Å². The molecule has 0 heterocycles. The van der Waals surface area contributed by atoms with Crippen molar-refractivity contribution in [2.24, 2.45) is 0 Å². The highest BCUT2D eigenvalue weighted by Crippen LogP contribution is 2.03. The molecule has 0 amide bonds. The first-order valence-corrected chi connectivity index (χ1v) is 4.23. The lowest BCUT2D eigenvalue weighted by Crippen LogP contribution is -1.90. The van der Waals surface area contributed by atoms with Gasteiger partial charge in [0.1, 0.15) is 4.84 Å². The predicted octanol–water partition coefficient (Wildman–Crippen LogP) is 1.19. The van der Waals surface area contributed by atoms with Crippen LogP contribution in [0.3, 0.4) is 0 Å². The molecule has 6 heteroatoms. The number of alkyl halides is 2. The highest BCUT2D eigenvalue weighted by Gasteiger charge is 1.97. The van der Waals surface area contributed by atoms with Crippen molar-refractivity contribution < 1.29 is 13.0 Å². The van der Waals surface area contributed by atoms with Gasteiger partial charge < -0.3 is 0 Å². The smallest absolute Gasteiger partial charge is 0.282 e. The molecule has 0 fully saturated rings. The summed E-state index contributed by atoms with van der Waals surface area (Å²) in [4.78, 5) is -0.910. The van der Waals surface area contributed by atoms with E-state index in [0.29, 0.717) is 5.41 Å². The SMILES string of the molecule is O=S(=O)(O)/C=C/C(Cl)Cl. The average molecular weight is 191 g/mol. The zero-order chi connectivity index (χ0) is 7.49. The number of hydrogen-bond acceptors (Lipinski definition) is 2. The Morgan fingerprint density at radius 1 is 1.44 bits per heavy atom. The van der Waals surface area contributed by atoms with E-state index in [-0.39, 0.29) is 0 Å². The maximum Gasteiger partial charge on any atom is 0.287 e. The molecule has 9 heavy (non-hydrogen) atoms. The second-order valence-corrected chi connectivity index (χ2v) is 3.64. The molecule has 0 aliphatic carbocycles. The Balaban J connectivity index is 4.03. The van der Waals surface area contributed by atoms with Crippen molar-refractivity contribution in [1.82, 2.24) is 0 Å². The Morgan fingerprint density at radius 2 is 1.89 bits per heavy atom. The fourth-order valence-corrected chi connectivity index (χ4v) is 0.832. The predicted molar refractivity (Wildman–Crippen MR) is 36.2 cm³/mol. The highest BCUT2D eigenvalue weighted by atomic mass is 35.5. The Kier molecular flexibility index (Phi) is 3.50. The number of hydrogen-bond donors (Lipinski definition) is 1. The van der Waals surface area contributed by atoms with Crippen LogP contribution in [0.4, 0.5) is 0 Å². The monoisotopic (exact) mass is 190 g/mol. The van der Waals surface area contributed by atoms with Gasteiger partial charge in [-0.05, 0) is 6.08 Å². The summed E-state index contributed by atoms with van der Waals surface area (Å²) in [5, 5.41) is 0.525. The summed E-state index contributed by atoms with van der Waals surface area (Å²) in [6.45, 7) is 0. The Morgan fingerprint density at radius 3 is 2.00 bits per heavy atom. The lowest BCUT2D eigenvalue weighted by atomic mass is 10.8. The summed E-state index contributed by atoms with van der Waals surface area (Å²) in [5.74, 6) is 0. The van der Waals surface area contributed by atoms with Crippen LogP contribution in [0.2, 0.25) is 0 Å². The molecule has 0 aromatic heterocycles. The highest BCUT2D eigenvalue weighted by molar-refractivity contribution is 7.88. The van der Waals surface area contributed by atoms with Crippen LogP contribution in [-0.4, -0.2) is 17.8 Å². The van der Waals surface area contributed by atoms with E-state index < -0.39 is 15.0 Å². The minimum atomic E-state index is -4.07. The number of rotatable bonds is 2. The molecule has 0 atom stereocenters. The Labute approximate surface area is 63.0 Å². The normalized spacial score (nSPS) is 13.3. The van der Waals surface area contributed by atoms with Crippen molar-refractivity contribution in [3.63, 3.8) is 0 Å². The van der Waals surface area contributed by atoms with Crippen molar-refractivity contribution in [2.75, 3.05) is 0 Å². The van der Waals surface area contributed by atoms with Gasteiger partial charge >= 0.3 is 0 Å². The van der Waals surface area contributed by atoms with Gasteiger partial charge in [0.15, 0.2) is 0 Å². The Bertz CT molecular complexity index is 193. The van der Waals surface area contributed by atoms with Crippen LogP contribution in [0.1, 0.15) is 0 Å². The molecule has 0 unspecified atom stereocenters. The van der Waals surface area contributed by atoms with Crippen LogP contribution in [0.15, 0.2) is 11.5 Å². The summed E-state index contributed by atoms with van der Waals surface area (Å²) in [6, 6.07) is 0. The van der Waals surface area contributed by atoms with Crippen molar-refractivity contribution in [3.05, 3.63) is 11.5 Å². The van der Waals surface area contributed by atoms with Crippen molar-refractivity contribution in [3.8, 4) is 0 Å². The van der Waals surface area contributed by atoms with Crippen LogP contribution in [0, 0.1) is 0 Å². The van der Waals surface area contributed by atoms with E-state index in [1.54, 1.807) is 0 Å². The third-order valence-corrected chi connectivity index (χ3v) is 1.19. The number of halogens is 2. The van der Waals surface area contributed by atoms with E-state index >= 15 is 0 Å². The molecule has 1 N–H and O–H groups in total. The summed E-state index contributed by atoms with van der Waals surface area (Å²) < 4.78 is 27.8. The van der Waals surface area contributed by atoms with Crippen LogP contribution in [0.5, 0.6) is 0 Å². The molecule has 0 aliphatic rings. The van der Waals surface area contributed by atoms with Gasteiger partial charge in [-0.2, -0.15) is 8.42 Å². The topological polar surface area (TPSA) is 54.4 Å². The van der Waals surface area contributed by atoms with Gasteiger partial charge in [0.25, 0.3) is 10.1 Å². The lowest BCUT2D eigenvalue weighted by Gasteiger charge is -1.85. The largest absolute Gasteiger partial charge is 0.287 e. The molecule has 0 saturated heterocycles. The molecule has 3 nitrogen and oxygen atoms in total. The van der Waals surface area contributed by atoms with Crippen molar-refractivity contribution >= 4 is 33.3 Å². The van der Waals surface area contributed by atoms with E-state index in [0.717, 1.165) is 6.08 Å². The molecule has 0 radical (unpaired) electrons. The van der Waals surface area contributed by atoms with Gasteiger partial charge in [0.05, 0.1) is 5.41 Å². The van der Waals surface area contributed by atoms with Gasteiger partial charge in [0.2, 0.25) is 0 Å². The van der Waals surface area contributed by atoms with Crippen molar-refractivity contribution in [1.29, 1.82) is 0 Å². The zero-order valence-electron chi connectivity index (χ0n) is 4.16. The van der Waals surface area contributed by atoms with E-state index in [2.05, 4.69) is 0 Å². The lowest BCUT2D eigenvalue weighted by molar-refractivity contribution is 0.494. The van der Waals surface area contributed by atoms with E-state index in [9.17, 15) is 8.42 Å². The zero-order valence-corrected chi connectivity index (χ0v) is 6.49. The second kappa shape index (κ2) is 3.41. The minimum absolute atomic E-state index is 0.525. The first-order chi connectivity index (χ1) is 3.92. The van der Waals surface area contributed by atoms with Crippen LogP contribution < -0.4 is 0 Å². The van der Waals surface area contributed by atoms with Gasteiger partial charge in [-0.3, -0.25) is 4.55 Å². The molecule has 0 bridgehead atoms. The molecule has 0 saturated carbocycles. The van der Waals surface area contributed by atoms with Gasteiger partial charge in [-0.1, -0.05) is 0 Å². The molecule has 0 aromatic carbocycles. The van der Waals surface area contributed by atoms with Gasteiger partial charge in [-0.25, -0.2) is 0 Å². The first-order valence-electron chi connectivity index (χ1n) is 1.85. The summed E-state index contributed by atoms with van der Waals surface area (Å²) >= 11 is 10.2. The van der Waals surface area contributed by atoms with Crippen molar-refractivity contribution in [2.45, 2.75) is 4.84 Å². The Hall–Kier alpha value is 0.230. The fraction of sp³-hybridized carbons (Fsp3) is 0.333. The average Bonchev–Trinajstić information content (AvgIpc) is 1.59. The maximum atomic E-state index is 9.89. The minimum Gasteiger partial charge on any atom is -0.282 e. The van der Waals surface area contributed by atoms with Crippen LogP contribution in [-0.2, 0) is 10.1 Å². The first kappa shape index (κ1) is 9.23. The maximum absolute atomic E-state index is 9.89. The summed E-state index contributed by atoms with van der Waals surface area (Å²) in [6.07, 6.45) is 0.943. The quantitative estimate of drug-likeness (QED) is 0.526. The molecular formula is C3H4Cl2O3S. The van der Waals surface area contributed by atoms with Crippen LogP contribution in [0.25, 0.3) is 0 Å². The van der Waals surface area contributed by atoms with Crippen LogP contribution >= 0.6 is 23.2 Å². The third kappa shape index (κ3) is 8.23. The number of allylic oxidation sites excluding steroid dienone is 1. The fourth-order valence-electron chi connectivity index (χ4n) is 0.159. The van der Waals surface area contributed by atoms with E-state index in [4.69, 9.17) is 27.8 Å². The molecule has 0 aliphatic heterocycles. The van der Waals surface area contributed by atoms with Gasteiger partial charge in [0, 0.05) is 0 Å². The molecule has 0 rings (SSSR count). The summed E-state index contributed by atoms with van der Waals surface area (Å²) in [7, 11) is -4.07. The third-order valence-electron chi connectivity index (χ3n) is 0.396. The second-order valence-electron chi connectivity index (χ2n) is 1.18. The molecule has 54 valence electrons. The van der Waals surface area contributed by atoms with E-state index in [1.807, 2.05) is 0 Å². The molecular weight excluding hydrogens is 187 g/mol. The van der Waals surface area contributed by atoms with Gasteiger partial charge in [-0.15, -0.1) is 23.2 Å². The molecule has 0 aromatic rings.